The SMILES string of the molecule is Cc1cc(C)c(-c2csc(NC(=O)c3cccc(C#N)c3)n2)c(C)c1. The number of aryl methyl sites for hydroxylation is 3. The number of nitrogens with zero attached hydrogens (tertiary/aromatic N) is 2. The minimum Gasteiger partial charge on any atom is -0.298 e. The van der Waals surface area contributed by atoms with E-state index >= 15 is 0 Å². The van der Waals surface area contributed by atoms with Gasteiger partial charge in [0, 0.05) is 16.5 Å². The molecule has 1 aromatic heterocycles. The molecule has 25 heavy (non-hydrogen) atoms. The highest BCUT2D eigenvalue weighted by Crippen LogP contribution is 2.31. The number of amides is 1. The molecule has 0 saturated heterocycles. The molecule has 0 aliphatic carbocycles. The molecule has 1 amide bonds. The molecule has 0 bridgehead atoms. The predicted molar refractivity (Wildman–Crippen MR) is 101 cm³/mol. The lowest BCUT2D eigenvalue weighted by Crippen LogP contribution is -2.11. The summed E-state index contributed by atoms with van der Waals surface area (Å²) in [7, 11) is 0. The maximum absolute atomic E-state index is 12.4. The van der Waals surface area contributed by atoms with Gasteiger partial charge in [0.25, 0.3) is 5.91 Å². The molecular formula is C20H17N3OS. The number of nitrogens with one attached hydrogen (secondary N) is 1. The van der Waals surface area contributed by atoms with Gasteiger partial charge in [0.05, 0.1) is 17.3 Å². The van der Waals surface area contributed by atoms with Crippen molar-refractivity contribution >= 4 is 22.4 Å². The Morgan fingerprint density at radius 1 is 1.16 bits per heavy atom. The van der Waals surface area contributed by atoms with Crippen molar-refractivity contribution in [3.8, 4) is 17.3 Å². The zero-order valence-corrected chi connectivity index (χ0v) is 15.1. The van der Waals surface area contributed by atoms with Gasteiger partial charge in [-0.05, 0) is 50.1 Å². The Balaban J connectivity index is 1.85. The van der Waals surface area contributed by atoms with Gasteiger partial charge in [-0.15, -0.1) is 11.3 Å². The van der Waals surface area contributed by atoms with E-state index in [4.69, 9.17) is 5.26 Å². The van der Waals surface area contributed by atoms with Gasteiger partial charge in [0.15, 0.2) is 5.13 Å². The number of aromatic nitrogens is 1. The average Bonchev–Trinajstić information content (AvgIpc) is 3.02. The van der Waals surface area contributed by atoms with Gasteiger partial charge < -0.3 is 0 Å². The van der Waals surface area contributed by atoms with Crippen molar-refractivity contribution in [2.75, 3.05) is 5.32 Å². The van der Waals surface area contributed by atoms with Gasteiger partial charge in [0.2, 0.25) is 0 Å². The first kappa shape index (κ1) is 16.9. The zero-order chi connectivity index (χ0) is 18.0. The highest BCUT2D eigenvalue weighted by atomic mass is 32.1. The summed E-state index contributed by atoms with van der Waals surface area (Å²) < 4.78 is 0. The van der Waals surface area contributed by atoms with E-state index in [-0.39, 0.29) is 5.91 Å². The van der Waals surface area contributed by atoms with Crippen molar-refractivity contribution < 1.29 is 4.79 Å². The van der Waals surface area contributed by atoms with Crippen LogP contribution in [-0.2, 0) is 0 Å². The van der Waals surface area contributed by atoms with Gasteiger partial charge >= 0.3 is 0 Å². The summed E-state index contributed by atoms with van der Waals surface area (Å²) in [5, 5.41) is 14.2. The molecule has 0 spiro atoms. The third-order valence-electron chi connectivity index (χ3n) is 3.91. The van der Waals surface area contributed by atoms with Crippen molar-refractivity contribution in [1.82, 2.24) is 4.98 Å². The Kier molecular flexibility index (Phi) is 4.64. The minimum absolute atomic E-state index is 0.268. The smallest absolute Gasteiger partial charge is 0.257 e. The van der Waals surface area contributed by atoms with Crippen LogP contribution in [0.15, 0.2) is 41.8 Å². The highest BCUT2D eigenvalue weighted by molar-refractivity contribution is 7.14. The van der Waals surface area contributed by atoms with Crippen LogP contribution in [0.1, 0.15) is 32.6 Å². The lowest BCUT2D eigenvalue weighted by atomic mass is 9.98. The standard InChI is InChI=1S/C20H17N3OS/c1-12-7-13(2)18(14(3)8-12)17-11-25-20(22-17)23-19(24)16-6-4-5-15(9-16)10-21/h4-9,11H,1-3H3,(H,22,23,24). The van der Waals surface area contributed by atoms with Gasteiger partial charge in [-0.3, -0.25) is 10.1 Å². The first-order valence-electron chi connectivity index (χ1n) is 7.83. The topological polar surface area (TPSA) is 65.8 Å². The van der Waals surface area contributed by atoms with E-state index in [1.54, 1.807) is 24.3 Å². The molecule has 124 valence electrons. The number of carbonyl (C=O) groups is 1. The Morgan fingerprint density at radius 2 is 1.88 bits per heavy atom. The average molecular weight is 347 g/mol. The molecule has 3 aromatic rings. The van der Waals surface area contributed by atoms with Crippen LogP contribution in [0, 0.1) is 32.1 Å². The molecule has 0 atom stereocenters. The van der Waals surface area contributed by atoms with E-state index in [1.807, 2.05) is 11.4 Å². The Labute approximate surface area is 150 Å². The largest absolute Gasteiger partial charge is 0.298 e. The fourth-order valence-electron chi connectivity index (χ4n) is 2.93. The maximum Gasteiger partial charge on any atom is 0.257 e. The Hall–Kier alpha value is -2.97. The van der Waals surface area contributed by atoms with Crippen LogP contribution in [0.5, 0.6) is 0 Å². The summed E-state index contributed by atoms with van der Waals surface area (Å²) >= 11 is 1.39. The van der Waals surface area contributed by atoms with Crippen LogP contribution in [0.4, 0.5) is 5.13 Å². The summed E-state index contributed by atoms with van der Waals surface area (Å²) in [4.78, 5) is 16.9. The van der Waals surface area contributed by atoms with E-state index in [2.05, 4.69) is 43.2 Å². The van der Waals surface area contributed by atoms with E-state index < -0.39 is 0 Å². The molecule has 5 heteroatoms. The highest BCUT2D eigenvalue weighted by Gasteiger charge is 2.13. The number of hydrogen-bond acceptors (Lipinski definition) is 4. The van der Waals surface area contributed by atoms with E-state index in [1.165, 1.54) is 28.0 Å². The molecule has 3 rings (SSSR count). The van der Waals surface area contributed by atoms with E-state index in [0.717, 1.165) is 11.3 Å². The van der Waals surface area contributed by atoms with Crippen LogP contribution >= 0.6 is 11.3 Å². The van der Waals surface area contributed by atoms with Crippen LogP contribution < -0.4 is 5.32 Å². The van der Waals surface area contributed by atoms with Gasteiger partial charge in [-0.2, -0.15) is 5.26 Å². The molecular weight excluding hydrogens is 330 g/mol. The Morgan fingerprint density at radius 3 is 2.56 bits per heavy atom. The van der Waals surface area contributed by atoms with Crippen molar-refractivity contribution in [3.05, 3.63) is 69.6 Å². The summed E-state index contributed by atoms with van der Waals surface area (Å²) in [6.45, 7) is 6.21. The normalized spacial score (nSPS) is 10.3. The fourth-order valence-corrected chi connectivity index (χ4v) is 3.63. The molecule has 0 radical (unpaired) electrons. The second kappa shape index (κ2) is 6.88. The summed E-state index contributed by atoms with van der Waals surface area (Å²) in [6.07, 6.45) is 0. The number of anilines is 1. The fraction of sp³-hybridized carbons (Fsp3) is 0.150. The van der Waals surface area contributed by atoms with Gasteiger partial charge in [-0.1, -0.05) is 23.8 Å². The second-order valence-corrected chi connectivity index (χ2v) is 6.82. The lowest BCUT2D eigenvalue weighted by molar-refractivity contribution is 0.102. The third kappa shape index (κ3) is 3.59. The first-order valence-corrected chi connectivity index (χ1v) is 8.71. The van der Waals surface area contributed by atoms with Gasteiger partial charge in [-0.25, -0.2) is 4.98 Å². The molecule has 0 fully saturated rings. The number of hydrogen-bond donors (Lipinski definition) is 1. The van der Waals surface area contributed by atoms with Gasteiger partial charge in [0.1, 0.15) is 0 Å². The summed E-state index contributed by atoms with van der Waals surface area (Å²) in [6, 6.07) is 12.9. The summed E-state index contributed by atoms with van der Waals surface area (Å²) in [5.41, 5.74) is 6.43. The number of benzene rings is 2. The van der Waals surface area contributed by atoms with Crippen LogP contribution in [-0.4, -0.2) is 10.9 Å². The van der Waals surface area contributed by atoms with Crippen molar-refractivity contribution in [1.29, 1.82) is 5.26 Å². The molecule has 0 unspecified atom stereocenters. The first-order chi connectivity index (χ1) is 12.0. The van der Waals surface area contributed by atoms with Crippen molar-refractivity contribution in [2.24, 2.45) is 0 Å². The van der Waals surface area contributed by atoms with Crippen molar-refractivity contribution in [2.45, 2.75) is 20.8 Å². The Bertz CT molecular complexity index is 975. The van der Waals surface area contributed by atoms with E-state index in [9.17, 15) is 4.79 Å². The molecule has 2 aromatic carbocycles. The van der Waals surface area contributed by atoms with E-state index in [0.29, 0.717) is 16.3 Å². The summed E-state index contributed by atoms with van der Waals surface area (Å²) in [5.74, 6) is -0.268. The lowest BCUT2D eigenvalue weighted by Gasteiger charge is -2.08. The molecule has 1 heterocycles. The van der Waals surface area contributed by atoms with Crippen molar-refractivity contribution in [3.63, 3.8) is 0 Å². The quantitative estimate of drug-likeness (QED) is 0.736. The van der Waals surface area contributed by atoms with Crippen LogP contribution in [0.2, 0.25) is 0 Å². The number of carbonyl (C=O) groups excluding carboxylic acids is 1. The number of thiazole rings is 1. The number of rotatable bonds is 3. The molecule has 4 nitrogen and oxygen atoms in total. The maximum atomic E-state index is 12.4. The predicted octanol–water partition coefficient (Wildman–Crippen LogP) is 4.86. The molecule has 0 aliphatic rings. The molecule has 1 N–H and O–H groups in total. The third-order valence-corrected chi connectivity index (χ3v) is 4.67. The monoisotopic (exact) mass is 347 g/mol. The van der Waals surface area contributed by atoms with Crippen LogP contribution in [0.3, 0.4) is 0 Å². The second-order valence-electron chi connectivity index (χ2n) is 5.96. The van der Waals surface area contributed by atoms with Crippen LogP contribution in [0.25, 0.3) is 11.3 Å². The molecule has 0 saturated carbocycles. The minimum atomic E-state index is -0.268. The zero-order valence-electron chi connectivity index (χ0n) is 14.3. The molecule has 0 aliphatic heterocycles. The number of nitriles is 1.